The topological polar surface area (TPSA) is 64.1 Å². The van der Waals surface area contributed by atoms with Crippen LogP contribution in [0, 0.1) is 5.92 Å². The molecule has 1 aromatic carbocycles. The second-order valence-corrected chi connectivity index (χ2v) is 12.2. The number of likely N-dealkylation sites (tertiary alicyclic amines) is 2. The molecule has 1 N–H and O–H groups in total. The third-order valence-corrected chi connectivity index (χ3v) is 8.55. The number of anilines is 1. The van der Waals surface area contributed by atoms with Gasteiger partial charge in [-0.15, -0.1) is 0 Å². The van der Waals surface area contributed by atoms with Crippen LogP contribution in [0.5, 0.6) is 0 Å². The summed E-state index contributed by atoms with van der Waals surface area (Å²) in [7, 11) is 0. The lowest BCUT2D eigenvalue weighted by molar-refractivity contribution is -0.144. The summed E-state index contributed by atoms with van der Waals surface area (Å²) in [5, 5.41) is 9.09. The highest BCUT2D eigenvalue weighted by Crippen LogP contribution is 2.41. The van der Waals surface area contributed by atoms with Crippen molar-refractivity contribution in [3.63, 3.8) is 0 Å². The minimum absolute atomic E-state index is 0.0186. The van der Waals surface area contributed by atoms with E-state index in [9.17, 15) is 22.8 Å². The number of carbonyl (C=O) groups is 2. The summed E-state index contributed by atoms with van der Waals surface area (Å²) in [5.41, 5.74) is -1.48. The van der Waals surface area contributed by atoms with Crippen LogP contribution >= 0.6 is 0 Å². The van der Waals surface area contributed by atoms with Crippen LogP contribution in [0.3, 0.4) is 0 Å². The van der Waals surface area contributed by atoms with Gasteiger partial charge in [0.1, 0.15) is 0 Å². The van der Waals surface area contributed by atoms with Gasteiger partial charge in [-0.25, -0.2) is 4.39 Å². The fourth-order valence-electron chi connectivity index (χ4n) is 6.16. The predicted octanol–water partition coefficient (Wildman–Crippen LogP) is 5.32. The molecule has 1 aromatic rings. The molecule has 212 valence electrons. The third-order valence-electron chi connectivity index (χ3n) is 8.55. The fourth-order valence-corrected chi connectivity index (χ4v) is 6.16. The average molecular weight is 542 g/mol. The Morgan fingerprint density at radius 1 is 1.00 bits per heavy atom. The maximum absolute atomic E-state index is 15.7. The van der Waals surface area contributed by atoms with Gasteiger partial charge < -0.3 is 14.9 Å². The SMILES string of the molecule is CC(C)(C)N1CC[C@](F)(C(=O)N2CCC(c3ccc(C(F)(F)F)cc3N3CCC(CC(=O)O)CC3)CC2)C1. The number of nitrogens with zero attached hydrogens (tertiary/aromatic N) is 3. The zero-order valence-electron chi connectivity index (χ0n) is 22.5. The Morgan fingerprint density at radius 3 is 2.16 bits per heavy atom. The average Bonchev–Trinajstić information content (AvgIpc) is 3.27. The zero-order chi connectivity index (χ0) is 27.9. The minimum atomic E-state index is -4.47. The molecule has 4 rings (SSSR count). The van der Waals surface area contributed by atoms with Crippen LogP contribution in [0.25, 0.3) is 0 Å². The van der Waals surface area contributed by atoms with Crippen molar-refractivity contribution in [1.29, 1.82) is 0 Å². The van der Waals surface area contributed by atoms with Gasteiger partial charge in [0.15, 0.2) is 0 Å². The van der Waals surface area contributed by atoms with Crippen molar-refractivity contribution in [1.82, 2.24) is 9.80 Å². The van der Waals surface area contributed by atoms with E-state index >= 15 is 4.39 Å². The van der Waals surface area contributed by atoms with Gasteiger partial charge in [0.25, 0.3) is 5.91 Å². The first-order chi connectivity index (χ1) is 17.7. The number of carboxylic acids is 1. The summed E-state index contributed by atoms with van der Waals surface area (Å²) in [6.07, 6.45) is -1.90. The molecule has 3 saturated heterocycles. The summed E-state index contributed by atoms with van der Waals surface area (Å²) in [6, 6.07) is 3.88. The Morgan fingerprint density at radius 2 is 1.63 bits per heavy atom. The number of carboxylic acid groups (broad SMARTS) is 1. The molecule has 0 aliphatic carbocycles. The highest BCUT2D eigenvalue weighted by molar-refractivity contribution is 5.86. The van der Waals surface area contributed by atoms with Gasteiger partial charge in [0.2, 0.25) is 5.67 Å². The standard InChI is InChI=1S/C28H39F4N3O3/c1-26(2,3)35-15-10-27(29,18-35)25(38)34-13-8-20(9-14-34)22-5-4-21(28(30,31)32)17-23(22)33-11-6-19(7-12-33)16-24(36)37/h4-5,17,19-20H,6-16,18H2,1-3H3,(H,36,37)/t27-/m1/s1. The second kappa shape index (κ2) is 10.7. The van der Waals surface area contributed by atoms with Crippen molar-refractivity contribution in [3.8, 4) is 0 Å². The number of aliphatic carboxylic acids is 1. The molecule has 0 saturated carbocycles. The number of alkyl halides is 4. The third kappa shape index (κ3) is 6.26. The largest absolute Gasteiger partial charge is 0.481 e. The predicted molar refractivity (Wildman–Crippen MR) is 137 cm³/mol. The maximum Gasteiger partial charge on any atom is 0.416 e. The lowest BCUT2D eigenvalue weighted by Gasteiger charge is -2.39. The molecule has 0 aromatic heterocycles. The molecule has 1 amide bonds. The van der Waals surface area contributed by atoms with Crippen molar-refractivity contribution in [2.24, 2.45) is 5.92 Å². The Kier molecular flexibility index (Phi) is 8.04. The first kappa shape index (κ1) is 28.6. The minimum Gasteiger partial charge on any atom is -0.481 e. The number of hydrogen-bond acceptors (Lipinski definition) is 4. The van der Waals surface area contributed by atoms with Gasteiger partial charge in [0.05, 0.1) is 5.56 Å². The lowest BCUT2D eigenvalue weighted by Crippen LogP contribution is -2.51. The molecule has 1 atom stereocenters. The molecule has 6 nitrogen and oxygen atoms in total. The van der Waals surface area contributed by atoms with Crippen LogP contribution < -0.4 is 4.90 Å². The highest BCUT2D eigenvalue weighted by atomic mass is 19.4. The first-order valence-electron chi connectivity index (χ1n) is 13.6. The van der Waals surface area contributed by atoms with E-state index in [1.807, 2.05) is 30.6 Å². The van der Waals surface area contributed by atoms with E-state index in [-0.39, 0.29) is 36.8 Å². The van der Waals surface area contributed by atoms with E-state index in [0.29, 0.717) is 64.1 Å². The summed E-state index contributed by atoms with van der Waals surface area (Å²) in [5.74, 6) is -1.36. The zero-order valence-corrected chi connectivity index (χ0v) is 22.5. The van der Waals surface area contributed by atoms with E-state index < -0.39 is 29.3 Å². The van der Waals surface area contributed by atoms with E-state index in [1.165, 1.54) is 6.07 Å². The monoisotopic (exact) mass is 541 g/mol. The van der Waals surface area contributed by atoms with Gasteiger partial charge in [-0.2, -0.15) is 13.2 Å². The normalized spacial score (nSPS) is 24.7. The number of hydrogen-bond donors (Lipinski definition) is 1. The second-order valence-electron chi connectivity index (χ2n) is 12.2. The molecule has 3 aliphatic rings. The molecule has 3 aliphatic heterocycles. The van der Waals surface area contributed by atoms with Crippen LogP contribution in [0.4, 0.5) is 23.2 Å². The summed E-state index contributed by atoms with van der Waals surface area (Å²) < 4.78 is 56.4. The molecular weight excluding hydrogens is 502 g/mol. The molecule has 38 heavy (non-hydrogen) atoms. The number of halogens is 4. The number of amides is 1. The van der Waals surface area contributed by atoms with Gasteiger partial charge >= 0.3 is 12.1 Å². The Balaban J connectivity index is 1.46. The van der Waals surface area contributed by atoms with Crippen molar-refractivity contribution in [3.05, 3.63) is 29.3 Å². The van der Waals surface area contributed by atoms with E-state index in [2.05, 4.69) is 0 Å². The fraction of sp³-hybridized carbons (Fsp3) is 0.714. The van der Waals surface area contributed by atoms with Crippen molar-refractivity contribution in [2.45, 2.75) is 82.6 Å². The van der Waals surface area contributed by atoms with Gasteiger partial charge in [-0.1, -0.05) is 6.07 Å². The molecule has 3 heterocycles. The van der Waals surface area contributed by atoms with Crippen molar-refractivity contribution >= 4 is 17.6 Å². The van der Waals surface area contributed by atoms with E-state index in [4.69, 9.17) is 5.11 Å². The van der Waals surface area contributed by atoms with Gasteiger partial charge in [0, 0.05) is 63.3 Å². The van der Waals surface area contributed by atoms with Crippen LogP contribution in [-0.2, 0) is 15.8 Å². The molecule has 0 spiro atoms. The number of piperidine rings is 2. The smallest absolute Gasteiger partial charge is 0.416 e. The number of carbonyl (C=O) groups excluding carboxylic acids is 1. The van der Waals surface area contributed by atoms with Crippen molar-refractivity contribution in [2.75, 3.05) is 44.2 Å². The number of rotatable bonds is 5. The molecular formula is C28H39F4N3O3. The molecule has 0 bridgehead atoms. The molecule has 0 unspecified atom stereocenters. The van der Waals surface area contributed by atoms with Crippen LogP contribution in [0.15, 0.2) is 18.2 Å². The Bertz CT molecular complexity index is 1030. The van der Waals surface area contributed by atoms with Gasteiger partial charge in [-0.05, 0) is 76.0 Å². The first-order valence-corrected chi connectivity index (χ1v) is 13.6. The summed E-state index contributed by atoms with van der Waals surface area (Å²) >= 11 is 0. The Labute approximate surface area is 222 Å². The van der Waals surface area contributed by atoms with Crippen LogP contribution in [-0.4, -0.2) is 77.3 Å². The van der Waals surface area contributed by atoms with E-state index in [0.717, 1.165) is 11.6 Å². The summed E-state index contributed by atoms with van der Waals surface area (Å²) in [4.78, 5) is 29.8. The van der Waals surface area contributed by atoms with Crippen molar-refractivity contribution < 1.29 is 32.3 Å². The molecule has 0 radical (unpaired) electrons. The molecule has 10 heteroatoms. The van der Waals surface area contributed by atoms with E-state index in [1.54, 1.807) is 11.0 Å². The summed E-state index contributed by atoms with van der Waals surface area (Å²) in [6.45, 7) is 8.35. The Hall–Kier alpha value is -2.36. The number of benzene rings is 1. The molecule has 3 fully saturated rings. The van der Waals surface area contributed by atoms with Gasteiger partial charge in [-0.3, -0.25) is 14.5 Å². The maximum atomic E-state index is 15.7. The lowest BCUT2D eigenvalue weighted by atomic mass is 9.85. The quantitative estimate of drug-likeness (QED) is 0.512. The highest BCUT2D eigenvalue weighted by Gasteiger charge is 2.49. The van der Waals surface area contributed by atoms with Crippen LogP contribution in [0.2, 0.25) is 0 Å². The van der Waals surface area contributed by atoms with Crippen LogP contribution in [0.1, 0.15) is 76.3 Å².